The van der Waals surface area contributed by atoms with Gasteiger partial charge in [0.25, 0.3) is 5.91 Å². The molecule has 0 saturated carbocycles. The number of amides is 2. The fourth-order valence-corrected chi connectivity index (χ4v) is 5.61. The fourth-order valence-electron chi connectivity index (χ4n) is 5.61. The number of anilines is 1. The van der Waals surface area contributed by atoms with Gasteiger partial charge in [-0.25, -0.2) is 0 Å². The topological polar surface area (TPSA) is 70.1 Å². The predicted octanol–water partition coefficient (Wildman–Crippen LogP) is 2.62. The van der Waals surface area contributed by atoms with E-state index in [1.165, 1.54) is 5.56 Å². The molecule has 0 radical (unpaired) electrons. The maximum atomic E-state index is 13.3. The Labute approximate surface area is 182 Å². The van der Waals surface area contributed by atoms with E-state index in [9.17, 15) is 14.7 Å². The Bertz CT molecular complexity index is 1040. The normalized spacial score (nSPS) is 29.4. The Hall–Kier alpha value is -2.70. The molecule has 31 heavy (non-hydrogen) atoms. The molecule has 1 fully saturated rings. The van der Waals surface area contributed by atoms with Gasteiger partial charge in [-0.2, -0.15) is 0 Å². The van der Waals surface area contributed by atoms with Gasteiger partial charge in [0.05, 0.1) is 30.9 Å². The van der Waals surface area contributed by atoms with E-state index >= 15 is 0 Å². The van der Waals surface area contributed by atoms with E-state index in [4.69, 9.17) is 4.74 Å². The molecule has 0 aromatic heterocycles. The van der Waals surface area contributed by atoms with E-state index in [1.54, 1.807) is 16.8 Å². The van der Waals surface area contributed by atoms with Crippen molar-refractivity contribution in [1.82, 2.24) is 4.90 Å². The molecule has 0 unspecified atom stereocenters. The number of carbonyl (C=O) groups is 2. The van der Waals surface area contributed by atoms with Crippen LogP contribution in [0.4, 0.5) is 5.69 Å². The molecule has 6 nitrogen and oxygen atoms in total. The zero-order valence-electron chi connectivity index (χ0n) is 18.0. The van der Waals surface area contributed by atoms with Gasteiger partial charge in [0.15, 0.2) is 5.60 Å². The molecular weight excluding hydrogens is 392 g/mol. The van der Waals surface area contributed by atoms with Gasteiger partial charge in [-0.1, -0.05) is 49.4 Å². The van der Waals surface area contributed by atoms with Gasteiger partial charge in [-0.05, 0) is 30.0 Å². The van der Waals surface area contributed by atoms with Crippen molar-refractivity contribution in [3.63, 3.8) is 0 Å². The summed E-state index contributed by atoms with van der Waals surface area (Å²) in [6.07, 6.45) is 1.18. The molecule has 0 bridgehead atoms. The summed E-state index contributed by atoms with van der Waals surface area (Å²) in [5.41, 5.74) is 3.07. The van der Waals surface area contributed by atoms with Gasteiger partial charge in [0.2, 0.25) is 5.91 Å². The summed E-state index contributed by atoms with van der Waals surface area (Å²) in [7, 11) is 1.78. The van der Waals surface area contributed by atoms with E-state index in [0.29, 0.717) is 19.4 Å². The monoisotopic (exact) mass is 420 g/mol. The standard InChI is InChI=1S/C25H28N2O4/c1-16-11-20(31-25(16)21-9-5-6-10-22(21)26(2)24(25)30)13-23(29)27-14-18-8-4-3-7-17(18)12-19(27)15-28/h3-10,16,19-20,28H,11-15H2,1-2H3/t16-,19-,20-,25+/m0/s1. The molecule has 2 amide bonds. The van der Waals surface area contributed by atoms with Gasteiger partial charge < -0.3 is 19.6 Å². The van der Waals surface area contributed by atoms with Crippen LogP contribution in [0.1, 0.15) is 36.5 Å². The van der Waals surface area contributed by atoms with Crippen molar-refractivity contribution < 1.29 is 19.4 Å². The summed E-state index contributed by atoms with van der Waals surface area (Å²) in [5.74, 6) is -0.120. The third-order valence-corrected chi connectivity index (χ3v) is 7.24. The lowest BCUT2D eigenvalue weighted by Gasteiger charge is -2.36. The highest BCUT2D eigenvalue weighted by Gasteiger charge is 2.59. The van der Waals surface area contributed by atoms with E-state index in [-0.39, 0.29) is 42.9 Å². The molecule has 1 N–H and O–H groups in total. The number of hydrogen-bond acceptors (Lipinski definition) is 4. The van der Waals surface area contributed by atoms with E-state index in [2.05, 4.69) is 6.07 Å². The van der Waals surface area contributed by atoms with Gasteiger partial charge >= 0.3 is 0 Å². The number of hydrogen-bond donors (Lipinski definition) is 1. The van der Waals surface area contributed by atoms with Crippen LogP contribution in [0.25, 0.3) is 0 Å². The van der Waals surface area contributed by atoms with Crippen LogP contribution < -0.4 is 4.90 Å². The van der Waals surface area contributed by atoms with Crippen molar-refractivity contribution >= 4 is 17.5 Å². The fraction of sp³-hybridized carbons (Fsp3) is 0.440. The molecule has 6 heteroatoms. The van der Waals surface area contributed by atoms with Gasteiger partial charge in [-0.15, -0.1) is 0 Å². The molecule has 2 aromatic carbocycles. The Morgan fingerprint density at radius 2 is 1.87 bits per heavy atom. The van der Waals surface area contributed by atoms with Gasteiger partial charge in [0.1, 0.15) is 0 Å². The van der Waals surface area contributed by atoms with E-state index in [1.807, 2.05) is 49.4 Å². The first-order chi connectivity index (χ1) is 15.0. The van der Waals surface area contributed by atoms with Crippen molar-refractivity contribution in [3.05, 3.63) is 65.2 Å². The first-order valence-corrected chi connectivity index (χ1v) is 11.0. The van der Waals surface area contributed by atoms with Crippen molar-refractivity contribution in [1.29, 1.82) is 0 Å². The summed E-state index contributed by atoms with van der Waals surface area (Å²) in [4.78, 5) is 30.0. The average Bonchev–Trinajstić information content (AvgIpc) is 3.23. The number of fused-ring (bicyclic) bond motifs is 3. The van der Waals surface area contributed by atoms with E-state index in [0.717, 1.165) is 16.8 Å². The van der Waals surface area contributed by atoms with Crippen LogP contribution in [0.15, 0.2) is 48.5 Å². The number of rotatable bonds is 3. The second kappa shape index (κ2) is 7.46. The van der Waals surface area contributed by atoms with Crippen LogP contribution in [-0.4, -0.2) is 47.6 Å². The SMILES string of the molecule is C[C@H]1C[C@@H](CC(=O)N2Cc3ccccc3C[C@H]2CO)O[C@]12C(=O)N(C)c1ccccc12. The van der Waals surface area contributed by atoms with Crippen LogP contribution in [0.2, 0.25) is 0 Å². The molecular formula is C25H28N2O4. The zero-order chi connectivity index (χ0) is 21.8. The van der Waals surface area contributed by atoms with Crippen LogP contribution in [0.5, 0.6) is 0 Å². The highest BCUT2D eigenvalue weighted by molar-refractivity contribution is 6.07. The molecule has 162 valence electrons. The number of benzene rings is 2. The Morgan fingerprint density at radius 1 is 1.16 bits per heavy atom. The van der Waals surface area contributed by atoms with Gasteiger partial charge in [0, 0.05) is 25.1 Å². The molecule has 0 aliphatic carbocycles. The number of likely N-dealkylation sites (N-methyl/N-ethyl adjacent to an activating group) is 1. The number of carbonyl (C=O) groups excluding carboxylic acids is 2. The maximum absolute atomic E-state index is 13.3. The molecule has 1 saturated heterocycles. The highest BCUT2D eigenvalue weighted by atomic mass is 16.5. The molecule has 3 heterocycles. The van der Waals surface area contributed by atoms with Crippen LogP contribution in [0.3, 0.4) is 0 Å². The molecule has 1 spiro atoms. The first kappa shape index (κ1) is 20.2. The lowest BCUT2D eigenvalue weighted by atomic mass is 9.83. The highest BCUT2D eigenvalue weighted by Crippen LogP contribution is 2.53. The predicted molar refractivity (Wildman–Crippen MR) is 116 cm³/mol. The molecule has 3 aliphatic heterocycles. The Morgan fingerprint density at radius 3 is 2.65 bits per heavy atom. The van der Waals surface area contributed by atoms with Crippen molar-refractivity contribution in [2.45, 2.75) is 50.5 Å². The van der Waals surface area contributed by atoms with Gasteiger partial charge in [-0.3, -0.25) is 9.59 Å². The molecule has 2 aromatic rings. The van der Waals surface area contributed by atoms with E-state index < -0.39 is 5.60 Å². The summed E-state index contributed by atoms with van der Waals surface area (Å²) in [6, 6.07) is 15.6. The molecule has 5 rings (SSSR count). The number of ether oxygens (including phenoxy) is 1. The summed E-state index contributed by atoms with van der Waals surface area (Å²) < 4.78 is 6.43. The minimum absolute atomic E-state index is 0.0281. The lowest BCUT2D eigenvalue weighted by Crippen LogP contribution is -2.47. The first-order valence-electron chi connectivity index (χ1n) is 11.0. The smallest absolute Gasteiger partial charge is 0.264 e. The maximum Gasteiger partial charge on any atom is 0.264 e. The third-order valence-electron chi connectivity index (χ3n) is 7.24. The number of para-hydroxylation sites is 1. The van der Waals surface area contributed by atoms with Crippen LogP contribution >= 0.6 is 0 Å². The second-order valence-corrected chi connectivity index (χ2v) is 9.03. The largest absolute Gasteiger partial charge is 0.394 e. The second-order valence-electron chi connectivity index (χ2n) is 9.03. The van der Waals surface area contributed by atoms with Crippen LogP contribution in [-0.2, 0) is 32.9 Å². The number of nitrogens with zero attached hydrogens (tertiary/aromatic N) is 2. The van der Waals surface area contributed by atoms with Crippen molar-refractivity contribution in [2.24, 2.45) is 5.92 Å². The minimum Gasteiger partial charge on any atom is -0.394 e. The molecule has 4 atom stereocenters. The van der Waals surface area contributed by atoms with Crippen molar-refractivity contribution in [3.8, 4) is 0 Å². The lowest BCUT2D eigenvalue weighted by molar-refractivity contribution is -0.150. The number of aliphatic hydroxyl groups is 1. The Kier molecular flexibility index (Phi) is 4.87. The minimum atomic E-state index is -1.01. The Balaban J connectivity index is 1.36. The zero-order valence-corrected chi connectivity index (χ0v) is 18.0. The summed E-state index contributed by atoms with van der Waals surface area (Å²) >= 11 is 0. The quantitative estimate of drug-likeness (QED) is 0.829. The molecule has 3 aliphatic rings. The summed E-state index contributed by atoms with van der Waals surface area (Å²) in [6.45, 7) is 2.47. The summed E-state index contributed by atoms with van der Waals surface area (Å²) in [5, 5.41) is 9.90. The van der Waals surface area contributed by atoms with Crippen molar-refractivity contribution in [2.75, 3.05) is 18.6 Å². The number of aliphatic hydroxyl groups excluding tert-OH is 1. The van der Waals surface area contributed by atoms with Crippen LogP contribution in [0, 0.1) is 5.92 Å². The average molecular weight is 421 g/mol. The third kappa shape index (κ3) is 3.00.